The first-order chi connectivity index (χ1) is 20.2. The summed E-state index contributed by atoms with van der Waals surface area (Å²) in [6, 6.07) is 30.9. The summed E-state index contributed by atoms with van der Waals surface area (Å²) in [6.07, 6.45) is 8.33. The summed E-state index contributed by atoms with van der Waals surface area (Å²) in [5.41, 5.74) is 7.43. The van der Waals surface area contributed by atoms with Crippen LogP contribution < -0.4 is 9.47 Å². The van der Waals surface area contributed by atoms with Crippen LogP contribution in [0.3, 0.4) is 0 Å². The molecule has 1 aliphatic heterocycles. The van der Waals surface area contributed by atoms with Crippen LogP contribution in [0.1, 0.15) is 49.8 Å². The van der Waals surface area contributed by atoms with Crippen LogP contribution in [0.4, 0.5) is 11.4 Å². The third kappa shape index (κ3) is 8.63. The number of ether oxygens (including phenoxy) is 3. The van der Waals surface area contributed by atoms with E-state index in [-0.39, 0.29) is 6.10 Å². The van der Waals surface area contributed by atoms with Gasteiger partial charge in [0, 0.05) is 12.4 Å². The average Bonchev–Trinajstić information content (AvgIpc) is 3.85. The number of aryl methyl sites for hydroxylation is 1. The molecule has 0 saturated carbocycles. The van der Waals surface area contributed by atoms with Gasteiger partial charge in [0.05, 0.1) is 24.6 Å². The minimum atomic E-state index is 0.243. The van der Waals surface area contributed by atoms with E-state index < -0.39 is 0 Å². The molecule has 41 heavy (non-hydrogen) atoms. The van der Waals surface area contributed by atoms with Gasteiger partial charge in [-0.25, -0.2) is 0 Å². The molecule has 4 aromatic carbocycles. The molecule has 0 aliphatic carbocycles. The molecular formula is C36H38N2O3. The molecule has 0 amide bonds. The summed E-state index contributed by atoms with van der Waals surface area (Å²) in [4.78, 5) is 9.35. The Balaban J connectivity index is 1.18. The highest BCUT2D eigenvalue weighted by Crippen LogP contribution is 2.26. The van der Waals surface area contributed by atoms with Gasteiger partial charge in [-0.3, -0.25) is 9.98 Å². The highest BCUT2D eigenvalue weighted by molar-refractivity contribution is 5.83. The van der Waals surface area contributed by atoms with E-state index in [0.717, 1.165) is 84.0 Å². The number of aliphatic imine (C=N–C) groups is 2. The molecule has 1 atom stereocenters. The lowest BCUT2D eigenvalue weighted by molar-refractivity contribution is 0.263. The van der Waals surface area contributed by atoms with Crippen molar-refractivity contribution in [1.29, 1.82) is 0 Å². The van der Waals surface area contributed by atoms with E-state index in [1.54, 1.807) is 0 Å². The molecule has 5 heteroatoms. The van der Waals surface area contributed by atoms with Gasteiger partial charge in [0.15, 0.2) is 0 Å². The van der Waals surface area contributed by atoms with Crippen molar-refractivity contribution in [2.75, 3.05) is 19.8 Å². The van der Waals surface area contributed by atoms with Crippen molar-refractivity contribution in [3.63, 3.8) is 0 Å². The smallest absolute Gasteiger partial charge is 0.122 e. The summed E-state index contributed by atoms with van der Waals surface area (Å²) in [7, 11) is 0. The van der Waals surface area contributed by atoms with E-state index in [4.69, 9.17) is 19.2 Å². The monoisotopic (exact) mass is 546 g/mol. The van der Waals surface area contributed by atoms with Gasteiger partial charge in [-0.2, -0.15) is 0 Å². The number of hydrogen-bond acceptors (Lipinski definition) is 5. The topological polar surface area (TPSA) is 55.7 Å². The summed E-state index contributed by atoms with van der Waals surface area (Å²) in [5.74, 6) is 1.83. The summed E-state index contributed by atoms with van der Waals surface area (Å²) in [5, 5.41) is 0. The Kier molecular flexibility index (Phi) is 9.96. The number of unbranched alkanes of at least 4 members (excludes halogenated alkanes) is 1. The molecule has 0 spiro atoms. The third-order valence-electron chi connectivity index (χ3n) is 6.85. The van der Waals surface area contributed by atoms with E-state index in [1.807, 2.05) is 48.8 Å². The molecule has 5 rings (SSSR count). The Labute approximate surface area is 243 Å². The molecule has 0 radical (unpaired) electrons. The Hall–Kier alpha value is -4.22. The summed E-state index contributed by atoms with van der Waals surface area (Å²) < 4.78 is 17.0. The van der Waals surface area contributed by atoms with Gasteiger partial charge in [0.1, 0.15) is 24.2 Å². The molecule has 1 aliphatic rings. The van der Waals surface area contributed by atoms with Gasteiger partial charge in [-0.15, -0.1) is 0 Å². The van der Waals surface area contributed by atoms with Crippen LogP contribution in [-0.4, -0.2) is 38.4 Å². The first-order valence-electron chi connectivity index (χ1n) is 14.6. The highest BCUT2D eigenvalue weighted by Gasteiger charge is 2.23. The quantitative estimate of drug-likeness (QED) is 0.0902. The fraction of sp³-hybridized carbons (Fsp3) is 0.278. The molecule has 5 nitrogen and oxygen atoms in total. The van der Waals surface area contributed by atoms with Gasteiger partial charge in [0.2, 0.25) is 0 Å². The van der Waals surface area contributed by atoms with E-state index in [0.29, 0.717) is 6.61 Å². The molecule has 210 valence electrons. The first kappa shape index (κ1) is 28.3. The lowest BCUT2D eigenvalue weighted by Gasteiger charge is -2.11. The summed E-state index contributed by atoms with van der Waals surface area (Å²) >= 11 is 0. The van der Waals surface area contributed by atoms with Crippen molar-refractivity contribution < 1.29 is 14.2 Å². The van der Waals surface area contributed by atoms with Gasteiger partial charge in [-0.05, 0) is 95.3 Å². The molecule has 1 unspecified atom stereocenters. The van der Waals surface area contributed by atoms with Gasteiger partial charge >= 0.3 is 0 Å². The molecular weight excluding hydrogens is 508 g/mol. The molecule has 1 saturated heterocycles. The predicted octanol–water partition coefficient (Wildman–Crippen LogP) is 8.76. The predicted molar refractivity (Wildman–Crippen MR) is 169 cm³/mol. The molecule has 0 N–H and O–H groups in total. The maximum atomic E-state index is 6.00. The number of rotatable bonds is 14. The average molecular weight is 547 g/mol. The normalized spacial score (nSPS) is 14.5. The second kappa shape index (κ2) is 14.4. The van der Waals surface area contributed by atoms with E-state index in [1.165, 1.54) is 5.56 Å². The largest absolute Gasteiger partial charge is 0.493 e. The maximum Gasteiger partial charge on any atom is 0.122 e. The molecule has 4 aromatic rings. The standard InChI is InChI=1S/C36H38N2O3/c1-3-5-20-39-36-19-10-28(21-31(36)7-4-2)24-38-33-17-13-30(14-18-33)29-11-15-32(16-12-29)37-23-27-8-6-9-34(22-27)40-25-35-26-41-35/h6,8-19,21-24,35H,3-5,7,20,25-26H2,1-2H3/b37-23?,38-24+. The molecule has 1 fully saturated rings. The van der Waals surface area contributed by atoms with Crippen LogP contribution in [0.2, 0.25) is 0 Å². The van der Waals surface area contributed by atoms with Crippen LogP contribution in [-0.2, 0) is 11.2 Å². The van der Waals surface area contributed by atoms with Crippen LogP contribution in [0.15, 0.2) is 101 Å². The summed E-state index contributed by atoms with van der Waals surface area (Å²) in [6.45, 7) is 6.53. The van der Waals surface area contributed by atoms with E-state index in [9.17, 15) is 0 Å². The minimum Gasteiger partial charge on any atom is -0.493 e. The number of hydrogen-bond donors (Lipinski definition) is 0. The van der Waals surface area contributed by atoms with Crippen molar-refractivity contribution in [3.05, 3.63) is 108 Å². The lowest BCUT2D eigenvalue weighted by Crippen LogP contribution is -2.04. The van der Waals surface area contributed by atoms with Crippen molar-refractivity contribution in [3.8, 4) is 22.6 Å². The van der Waals surface area contributed by atoms with Crippen molar-refractivity contribution in [2.24, 2.45) is 9.98 Å². The zero-order valence-corrected chi connectivity index (χ0v) is 24.0. The second-order valence-electron chi connectivity index (χ2n) is 10.3. The van der Waals surface area contributed by atoms with Crippen LogP contribution >= 0.6 is 0 Å². The molecule has 0 bridgehead atoms. The zero-order valence-electron chi connectivity index (χ0n) is 24.0. The van der Waals surface area contributed by atoms with Crippen molar-refractivity contribution in [2.45, 2.75) is 45.6 Å². The van der Waals surface area contributed by atoms with Gasteiger partial charge in [-0.1, -0.05) is 63.1 Å². The van der Waals surface area contributed by atoms with Crippen LogP contribution in [0.5, 0.6) is 11.5 Å². The van der Waals surface area contributed by atoms with Gasteiger partial charge in [0.25, 0.3) is 0 Å². The molecule has 0 aromatic heterocycles. The lowest BCUT2D eigenvalue weighted by atomic mass is 10.0. The van der Waals surface area contributed by atoms with Crippen molar-refractivity contribution in [1.82, 2.24) is 0 Å². The Morgan fingerprint density at radius 1 is 0.756 bits per heavy atom. The Bertz CT molecular complexity index is 1460. The third-order valence-corrected chi connectivity index (χ3v) is 6.85. The number of benzene rings is 4. The zero-order chi connectivity index (χ0) is 28.3. The van der Waals surface area contributed by atoms with Crippen LogP contribution in [0, 0.1) is 0 Å². The second-order valence-corrected chi connectivity index (χ2v) is 10.3. The number of epoxide rings is 1. The van der Waals surface area contributed by atoms with Crippen LogP contribution in [0.25, 0.3) is 11.1 Å². The Morgan fingerprint density at radius 2 is 1.41 bits per heavy atom. The fourth-order valence-electron chi connectivity index (χ4n) is 4.43. The van der Waals surface area contributed by atoms with E-state index >= 15 is 0 Å². The molecule has 1 heterocycles. The first-order valence-corrected chi connectivity index (χ1v) is 14.6. The SMILES string of the molecule is CCCCOc1ccc(/C=N/c2ccc(-c3ccc(N=Cc4cccc(OCC5CO5)c4)cc3)cc2)cc1CCC. The Morgan fingerprint density at radius 3 is 2.02 bits per heavy atom. The highest BCUT2D eigenvalue weighted by atomic mass is 16.6. The minimum absolute atomic E-state index is 0.243. The maximum absolute atomic E-state index is 6.00. The van der Waals surface area contributed by atoms with E-state index in [2.05, 4.69) is 73.4 Å². The number of nitrogens with zero attached hydrogens (tertiary/aromatic N) is 2. The fourth-order valence-corrected chi connectivity index (χ4v) is 4.43. The van der Waals surface area contributed by atoms with Gasteiger partial charge < -0.3 is 14.2 Å². The van der Waals surface area contributed by atoms with Crippen molar-refractivity contribution >= 4 is 23.8 Å².